The first kappa shape index (κ1) is 19.6. The molecule has 2 aliphatic heterocycles. The summed E-state index contributed by atoms with van der Waals surface area (Å²) >= 11 is 0. The van der Waals surface area contributed by atoms with Crippen molar-refractivity contribution in [2.75, 3.05) is 42.7 Å². The zero-order chi connectivity index (χ0) is 20.5. The minimum atomic E-state index is -0.961. The number of carbonyl (C=O) groups is 1. The molecule has 154 valence electrons. The Labute approximate surface area is 171 Å². The summed E-state index contributed by atoms with van der Waals surface area (Å²) < 4.78 is 19.7. The highest BCUT2D eigenvalue weighted by molar-refractivity contribution is 7.81. The molecule has 2 aliphatic rings. The summed E-state index contributed by atoms with van der Waals surface area (Å²) in [4.78, 5) is 22.4. The molecule has 1 aromatic carbocycles. The molecule has 1 saturated heterocycles. The molecule has 1 fully saturated rings. The van der Waals surface area contributed by atoms with Crippen LogP contribution in [0, 0.1) is 0 Å². The standard InChI is InChI=1S/C19H24N6O3S/c1-3-15-14(18(20)26)9-21-19(23-15)22-12-4-5-16-17(8-12)28-11-13-10-24(29(2)27)6-7-25(13)16/h4-5,8-9,13H,3,6-7,10-11H2,1-2H3,(H2,20,26)(H,21,22,23)/t13-,29?/m1/s1. The van der Waals surface area contributed by atoms with Crippen molar-refractivity contribution in [1.82, 2.24) is 14.3 Å². The number of anilines is 3. The third-order valence-electron chi connectivity index (χ3n) is 5.23. The molecule has 0 aliphatic carbocycles. The zero-order valence-electron chi connectivity index (χ0n) is 16.4. The van der Waals surface area contributed by atoms with Crippen LogP contribution >= 0.6 is 0 Å². The van der Waals surface area contributed by atoms with Crippen molar-refractivity contribution in [3.05, 3.63) is 35.7 Å². The quantitative estimate of drug-likeness (QED) is 0.749. The summed E-state index contributed by atoms with van der Waals surface area (Å²) in [6, 6.07) is 6.08. The summed E-state index contributed by atoms with van der Waals surface area (Å²) in [6.45, 7) is 4.76. The minimum Gasteiger partial charge on any atom is -0.489 e. The molecule has 3 N–H and O–H groups in total. The fraction of sp³-hybridized carbons (Fsp3) is 0.421. The van der Waals surface area contributed by atoms with Gasteiger partial charge in [0.15, 0.2) is 0 Å². The molecule has 0 spiro atoms. The number of nitrogens with zero attached hydrogens (tertiary/aromatic N) is 4. The highest BCUT2D eigenvalue weighted by atomic mass is 32.2. The number of nitrogens with one attached hydrogen (secondary N) is 1. The lowest BCUT2D eigenvalue weighted by Crippen LogP contribution is -2.57. The number of amides is 1. The van der Waals surface area contributed by atoms with E-state index in [9.17, 15) is 9.00 Å². The van der Waals surface area contributed by atoms with Gasteiger partial charge in [-0.25, -0.2) is 18.5 Å². The fourth-order valence-corrected chi connectivity index (χ4v) is 4.45. The van der Waals surface area contributed by atoms with E-state index in [1.165, 1.54) is 6.20 Å². The van der Waals surface area contributed by atoms with Crippen LogP contribution in [0.4, 0.5) is 17.3 Å². The molecule has 1 aromatic heterocycles. The summed E-state index contributed by atoms with van der Waals surface area (Å²) in [7, 11) is -0.961. The van der Waals surface area contributed by atoms with E-state index in [-0.39, 0.29) is 6.04 Å². The smallest absolute Gasteiger partial charge is 0.252 e. The maximum Gasteiger partial charge on any atom is 0.252 e. The second kappa shape index (κ2) is 7.96. The van der Waals surface area contributed by atoms with Crippen molar-refractivity contribution in [1.29, 1.82) is 0 Å². The Morgan fingerprint density at radius 1 is 1.41 bits per heavy atom. The highest BCUT2D eigenvalue weighted by Crippen LogP contribution is 2.37. The average Bonchev–Trinajstić information content (AvgIpc) is 2.72. The van der Waals surface area contributed by atoms with Crippen LogP contribution in [-0.4, -0.2) is 62.9 Å². The van der Waals surface area contributed by atoms with Crippen LogP contribution < -0.4 is 20.7 Å². The number of ether oxygens (including phenoxy) is 1. The maximum atomic E-state index is 11.8. The Bertz CT molecular complexity index is 969. The lowest BCUT2D eigenvalue weighted by atomic mass is 10.1. The fourth-order valence-electron chi connectivity index (χ4n) is 3.73. The number of piperazine rings is 1. The van der Waals surface area contributed by atoms with Crippen molar-refractivity contribution >= 4 is 34.2 Å². The van der Waals surface area contributed by atoms with Gasteiger partial charge in [0.05, 0.1) is 34.0 Å². The van der Waals surface area contributed by atoms with Crippen molar-refractivity contribution in [3.8, 4) is 5.75 Å². The molecule has 29 heavy (non-hydrogen) atoms. The van der Waals surface area contributed by atoms with Crippen molar-refractivity contribution < 1.29 is 13.7 Å². The highest BCUT2D eigenvalue weighted by Gasteiger charge is 2.34. The van der Waals surface area contributed by atoms with Crippen molar-refractivity contribution in [2.24, 2.45) is 5.73 Å². The average molecular weight is 417 g/mol. The second-order valence-corrected chi connectivity index (χ2v) is 8.41. The summed E-state index contributed by atoms with van der Waals surface area (Å²) in [5.74, 6) is 0.665. The Kier molecular flexibility index (Phi) is 5.37. The summed E-state index contributed by atoms with van der Waals surface area (Å²) in [5, 5.41) is 3.17. The molecule has 0 radical (unpaired) electrons. The van der Waals surface area contributed by atoms with E-state index in [1.54, 1.807) is 6.26 Å². The molecule has 0 saturated carbocycles. The predicted octanol–water partition coefficient (Wildman–Crippen LogP) is 1.06. The summed E-state index contributed by atoms with van der Waals surface area (Å²) in [6.07, 6.45) is 3.75. The van der Waals surface area contributed by atoms with Gasteiger partial charge in [0.1, 0.15) is 12.4 Å². The number of aryl methyl sites for hydroxylation is 1. The number of aromatic nitrogens is 2. The zero-order valence-corrected chi connectivity index (χ0v) is 17.2. The number of hydrogen-bond donors (Lipinski definition) is 2. The normalized spacial score (nSPS) is 19.7. The SMILES string of the molecule is CCc1nc(Nc2ccc3c(c2)OC[C@H]2CN(S(C)=O)CCN32)ncc1C(N)=O. The first-order chi connectivity index (χ1) is 14.0. The molecular formula is C19H24N6O3S. The van der Waals surface area contributed by atoms with Gasteiger partial charge >= 0.3 is 0 Å². The Balaban J connectivity index is 1.53. The number of rotatable bonds is 5. The Morgan fingerprint density at radius 2 is 2.24 bits per heavy atom. The maximum absolute atomic E-state index is 11.8. The van der Waals surface area contributed by atoms with Crippen molar-refractivity contribution in [2.45, 2.75) is 19.4 Å². The molecular weight excluding hydrogens is 392 g/mol. The van der Waals surface area contributed by atoms with Crippen LogP contribution in [0.25, 0.3) is 0 Å². The van der Waals surface area contributed by atoms with E-state index in [0.29, 0.717) is 30.2 Å². The Morgan fingerprint density at radius 3 is 2.97 bits per heavy atom. The molecule has 3 heterocycles. The monoisotopic (exact) mass is 416 g/mol. The van der Waals surface area contributed by atoms with Gasteiger partial charge in [-0.15, -0.1) is 0 Å². The number of primary amides is 1. The van der Waals surface area contributed by atoms with Gasteiger partial charge in [0, 0.05) is 43.8 Å². The largest absolute Gasteiger partial charge is 0.489 e. The second-order valence-electron chi connectivity index (χ2n) is 7.05. The van der Waals surface area contributed by atoms with E-state index in [0.717, 1.165) is 36.8 Å². The van der Waals surface area contributed by atoms with Gasteiger partial charge in [-0.05, 0) is 18.6 Å². The predicted molar refractivity (Wildman–Crippen MR) is 112 cm³/mol. The van der Waals surface area contributed by atoms with E-state index in [1.807, 2.05) is 29.4 Å². The van der Waals surface area contributed by atoms with Gasteiger partial charge in [-0.2, -0.15) is 0 Å². The van der Waals surface area contributed by atoms with E-state index in [2.05, 4.69) is 20.2 Å². The van der Waals surface area contributed by atoms with Crippen LogP contribution in [0.2, 0.25) is 0 Å². The lowest BCUT2D eigenvalue weighted by molar-refractivity contribution is 0.0998. The molecule has 4 rings (SSSR count). The number of benzene rings is 1. The molecule has 1 amide bonds. The number of carbonyl (C=O) groups excluding carboxylic acids is 1. The van der Waals surface area contributed by atoms with E-state index >= 15 is 0 Å². The third-order valence-corrected chi connectivity index (χ3v) is 6.29. The molecule has 2 aromatic rings. The first-order valence-electron chi connectivity index (χ1n) is 9.51. The topological polar surface area (TPSA) is 114 Å². The van der Waals surface area contributed by atoms with Gasteiger partial charge in [0.25, 0.3) is 5.91 Å². The van der Waals surface area contributed by atoms with Crippen LogP contribution in [-0.2, 0) is 17.4 Å². The van der Waals surface area contributed by atoms with Gasteiger partial charge in [-0.1, -0.05) is 6.92 Å². The van der Waals surface area contributed by atoms with E-state index < -0.39 is 16.9 Å². The first-order valence-corrected chi connectivity index (χ1v) is 11.0. The van der Waals surface area contributed by atoms with Crippen LogP contribution in [0.3, 0.4) is 0 Å². The molecule has 1 unspecified atom stereocenters. The number of hydrogen-bond acceptors (Lipinski definition) is 7. The van der Waals surface area contributed by atoms with Crippen LogP contribution in [0.5, 0.6) is 5.75 Å². The van der Waals surface area contributed by atoms with Gasteiger partial charge in [-0.3, -0.25) is 4.79 Å². The lowest BCUT2D eigenvalue weighted by Gasteiger charge is -2.44. The molecule has 0 bridgehead atoms. The minimum absolute atomic E-state index is 0.191. The van der Waals surface area contributed by atoms with Crippen LogP contribution in [0.1, 0.15) is 23.0 Å². The third kappa shape index (κ3) is 3.90. The van der Waals surface area contributed by atoms with Gasteiger partial charge < -0.3 is 20.7 Å². The summed E-state index contributed by atoms with van der Waals surface area (Å²) in [5.41, 5.74) is 8.15. The van der Waals surface area contributed by atoms with Crippen molar-refractivity contribution in [3.63, 3.8) is 0 Å². The van der Waals surface area contributed by atoms with Crippen LogP contribution in [0.15, 0.2) is 24.4 Å². The number of fused-ring (bicyclic) bond motifs is 3. The number of nitrogens with two attached hydrogens (primary N) is 1. The molecule has 9 nitrogen and oxygen atoms in total. The molecule has 10 heteroatoms. The Hall–Kier alpha value is -2.72. The molecule has 2 atom stereocenters. The van der Waals surface area contributed by atoms with E-state index in [4.69, 9.17) is 10.5 Å². The van der Waals surface area contributed by atoms with Gasteiger partial charge in [0.2, 0.25) is 5.95 Å².